The van der Waals surface area contributed by atoms with Crippen molar-refractivity contribution in [3.8, 4) is 0 Å². The molecule has 1 aliphatic carbocycles. The maximum atomic E-state index is 11.2. The van der Waals surface area contributed by atoms with E-state index in [1.165, 1.54) is 7.11 Å². The highest BCUT2D eigenvalue weighted by atomic mass is 16.5. The molecule has 0 aromatic rings. The van der Waals surface area contributed by atoms with Crippen LogP contribution in [-0.4, -0.2) is 46.2 Å². The van der Waals surface area contributed by atoms with Crippen molar-refractivity contribution in [1.82, 2.24) is 0 Å². The summed E-state index contributed by atoms with van der Waals surface area (Å²) in [5.74, 6) is -1.09. The van der Waals surface area contributed by atoms with Crippen molar-refractivity contribution in [3.05, 3.63) is 0 Å². The summed E-state index contributed by atoms with van der Waals surface area (Å²) in [7, 11) is 1.18. The van der Waals surface area contributed by atoms with E-state index in [0.29, 0.717) is 0 Å². The van der Waals surface area contributed by atoms with Gasteiger partial charge in [-0.05, 0) is 12.3 Å². The summed E-state index contributed by atoms with van der Waals surface area (Å²) in [6, 6.07) is 0. The van der Waals surface area contributed by atoms with Gasteiger partial charge in [-0.1, -0.05) is 6.92 Å². The van der Waals surface area contributed by atoms with E-state index in [1.54, 1.807) is 6.92 Å². The Bertz CT molecular complexity index is 215. The van der Waals surface area contributed by atoms with Crippen LogP contribution in [0.4, 0.5) is 0 Å². The molecule has 0 heterocycles. The summed E-state index contributed by atoms with van der Waals surface area (Å²) in [5.41, 5.74) is -1.66. The Kier molecular flexibility index (Phi) is 3.14. The van der Waals surface area contributed by atoms with Gasteiger partial charge in [0.2, 0.25) is 0 Å². The van der Waals surface area contributed by atoms with Crippen LogP contribution in [-0.2, 0) is 9.53 Å². The predicted molar refractivity (Wildman–Crippen MR) is 47.4 cm³/mol. The van der Waals surface area contributed by atoms with E-state index in [-0.39, 0.29) is 18.8 Å². The van der Waals surface area contributed by atoms with Gasteiger partial charge in [0.15, 0.2) is 5.60 Å². The first-order valence-electron chi connectivity index (χ1n) is 4.57. The molecular weight excluding hydrogens is 188 g/mol. The number of hydrogen-bond donors (Lipinski definition) is 3. The lowest BCUT2D eigenvalue weighted by Crippen LogP contribution is -2.53. The first-order chi connectivity index (χ1) is 6.40. The Labute approximate surface area is 82.3 Å². The molecule has 5 nitrogen and oxygen atoms in total. The minimum atomic E-state index is -1.66. The van der Waals surface area contributed by atoms with E-state index < -0.39 is 23.8 Å². The van der Waals surface area contributed by atoms with E-state index in [1.807, 2.05) is 0 Å². The van der Waals surface area contributed by atoms with Crippen LogP contribution in [0.15, 0.2) is 0 Å². The third-order valence-electron chi connectivity index (χ3n) is 2.75. The quantitative estimate of drug-likeness (QED) is 0.479. The fourth-order valence-electron chi connectivity index (χ4n) is 1.94. The van der Waals surface area contributed by atoms with Crippen LogP contribution in [0, 0.1) is 5.92 Å². The Hall–Kier alpha value is -0.650. The van der Waals surface area contributed by atoms with Gasteiger partial charge < -0.3 is 20.1 Å². The number of hydrogen-bond acceptors (Lipinski definition) is 5. The number of aliphatic hydroxyl groups is 3. The van der Waals surface area contributed by atoms with Gasteiger partial charge in [-0.2, -0.15) is 0 Å². The van der Waals surface area contributed by atoms with E-state index in [9.17, 15) is 20.1 Å². The Balaban J connectivity index is 2.78. The van der Waals surface area contributed by atoms with Crippen LogP contribution in [0.2, 0.25) is 0 Å². The molecule has 0 amide bonds. The highest BCUT2D eigenvalue weighted by molar-refractivity contribution is 5.79. The Morgan fingerprint density at radius 1 is 1.43 bits per heavy atom. The molecule has 4 atom stereocenters. The Morgan fingerprint density at radius 2 is 2.00 bits per heavy atom. The highest BCUT2D eigenvalue weighted by Gasteiger charge is 2.47. The first-order valence-corrected chi connectivity index (χ1v) is 4.57. The Morgan fingerprint density at radius 3 is 2.43 bits per heavy atom. The zero-order valence-corrected chi connectivity index (χ0v) is 8.30. The van der Waals surface area contributed by atoms with E-state index in [0.717, 1.165) is 0 Å². The van der Waals surface area contributed by atoms with Crippen LogP contribution >= 0.6 is 0 Å². The van der Waals surface area contributed by atoms with Crippen molar-refractivity contribution in [2.75, 3.05) is 7.11 Å². The van der Waals surface area contributed by atoms with E-state index in [2.05, 4.69) is 4.74 Å². The molecule has 82 valence electrons. The van der Waals surface area contributed by atoms with Gasteiger partial charge in [-0.25, -0.2) is 4.79 Å². The fourth-order valence-corrected chi connectivity index (χ4v) is 1.94. The lowest BCUT2D eigenvalue weighted by Gasteiger charge is -2.39. The molecule has 14 heavy (non-hydrogen) atoms. The van der Waals surface area contributed by atoms with Crippen molar-refractivity contribution < 1.29 is 24.9 Å². The molecule has 1 fully saturated rings. The average molecular weight is 204 g/mol. The van der Waals surface area contributed by atoms with Crippen LogP contribution in [0.3, 0.4) is 0 Å². The summed E-state index contributed by atoms with van der Waals surface area (Å²) in [6.45, 7) is 1.67. The second-order valence-corrected chi connectivity index (χ2v) is 3.97. The predicted octanol–water partition coefficient (Wildman–Crippen LogP) is -0.958. The van der Waals surface area contributed by atoms with Gasteiger partial charge in [-0.15, -0.1) is 0 Å². The minimum absolute atomic E-state index is 0.109. The first kappa shape index (κ1) is 11.4. The van der Waals surface area contributed by atoms with Gasteiger partial charge in [0.25, 0.3) is 0 Å². The average Bonchev–Trinajstić information content (AvgIpc) is 2.12. The number of ether oxygens (including phenoxy) is 1. The van der Waals surface area contributed by atoms with Crippen LogP contribution in [0.1, 0.15) is 19.8 Å². The summed E-state index contributed by atoms with van der Waals surface area (Å²) in [6.07, 6.45) is -2.04. The third-order valence-corrected chi connectivity index (χ3v) is 2.75. The van der Waals surface area contributed by atoms with Gasteiger partial charge in [0, 0.05) is 6.42 Å². The standard InChI is InChI=1S/C9H16O5/c1-5-3-9(13,8(12)14-2)4-6(10)7(5)11/h5-7,10-11,13H,3-4H2,1-2H3/t5-,6-,7+,9-/m1/s1. The van der Waals surface area contributed by atoms with Gasteiger partial charge in [0.1, 0.15) is 0 Å². The molecule has 1 saturated carbocycles. The summed E-state index contributed by atoms with van der Waals surface area (Å²) in [5, 5.41) is 28.7. The molecule has 0 radical (unpaired) electrons. The van der Waals surface area contributed by atoms with Crippen molar-refractivity contribution in [1.29, 1.82) is 0 Å². The molecule has 0 aliphatic heterocycles. The number of aliphatic hydroxyl groups excluding tert-OH is 2. The lowest BCUT2D eigenvalue weighted by molar-refractivity contribution is -0.181. The van der Waals surface area contributed by atoms with Gasteiger partial charge in [-0.3, -0.25) is 0 Å². The summed E-state index contributed by atoms with van der Waals surface area (Å²) in [4.78, 5) is 11.2. The second kappa shape index (κ2) is 3.84. The summed E-state index contributed by atoms with van der Waals surface area (Å²) < 4.78 is 4.44. The SMILES string of the molecule is COC(=O)[C@@]1(O)C[C@@H](C)[C@H](O)[C@H](O)C1. The number of methoxy groups -OCH3 is 1. The van der Waals surface area contributed by atoms with E-state index in [4.69, 9.17) is 0 Å². The smallest absolute Gasteiger partial charge is 0.337 e. The zero-order valence-electron chi connectivity index (χ0n) is 8.30. The molecule has 3 N–H and O–H groups in total. The fraction of sp³-hybridized carbons (Fsp3) is 0.889. The maximum absolute atomic E-state index is 11.2. The molecule has 0 aromatic heterocycles. The summed E-state index contributed by atoms with van der Waals surface area (Å²) >= 11 is 0. The maximum Gasteiger partial charge on any atom is 0.337 e. The van der Waals surface area contributed by atoms with Crippen molar-refractivity contribution in [2.45, 2.75) is 37.6 Å². The monoisotopic (exact) mass is 204 g/mol. The minimum Gasteiger partial charge on any atom is -0.467 e. The van der Waals surface area contributed by atoms with Crippen molar-refractivity contribution >= 4 is 5.97 Å². The molecule has 0 spiro atoms. The van der Waals surface area contributed by atoms with Crippen LogP contribution < -0.4 is 0 Å². The molecule has 0 saturated heterocycles. The van der Waals surface area contributed by atoms with Crippen molar-refractivity contribution in [2.24, 2.45) is 5.92 Å². The second-order valence-electron chi connectivity index (χ2n) is 3.97. The number of rotatable bonds is 1. The normalized spacial score (nSPS) is 43.4. The van der Waals surface area contributed by atoms with Crippen LogP contribution in [0.5, 0.6) is 0 Å². The molecule has 0 aromatic carbocycles. The molecule has 5 heteroatoms. The molecule has 1 rings (SSSR count). The van der Waals surface area contributed by atoms with E-state index >= 15 is 0 Å². The van der Waals surface area contributed by atoms with Crippen molar-refractivity contribution in [3.63, 3.8) is 0 Å². The van der Waals surface area contributed by atoms with Crippen LogP contribution in [0.25, 0.3) is 0 Å². The van der Waals surface area contributed by atoms with Gasteiger partial charge >= 0.3 is 5.97 Å². The topological polar surface area (TPSA) is 87.0 Å². The molecular formula is C9H16O5. The largest absolute Gasteiger partial charge is 0.467 e. The number of esters is 1. The lowest BCUT2D eigenvalue weighted by atomic mass is 9.75. The number of carbonyl (C=O) groups excluding carboxylic acids is 1. The third kappa shape index (κ3) is 1.89. The number of carbonyl (C=O) groups is 1. The van der Waals surface area contributed by atoms with Gasteiger partial charge in [0.05, 0.1) is 19.3 Å². The molecule has 0 unspecified atom stereocenters. The molecule has 0 bridgehead atoms. The highest BCUT2D eigenvalue weighted by Crippen LogP contribution is 2.33. The molecule has 1 aliphatic rings. The zero-order chi connectivity index (χ0) is 10.9.